The summed E-state index contributed by atoms with van der Waals surface area (Å²) in [5, 5.41) is 0. The third-order valence-electron chi connectivity index (χ3n) is 1.56. The highest BCUT2D eigenvalue weighted by atomic mass is 19.2. The Morgan fingerprint density at radius 2 is 2.00 bits per heavy atom. The average molecular weight is 230 g/mol. The van der Waals surface area contributed by atoms with Crippen LogP contribution in [0.5, 0.6) is 0 Å². The Bertz CT molecular complexity index is 423. The number of nitrogens with one attached hydrogen (secondary N) is 1. The summed E-state index contributed by atoms with van der Waals surface area (Å²) < 4.78 is 25.2. The predicted octanol–water partition coefficient (Wildman–Crippen LogP) is 0.111. The molecule has 0 fully saturated rings. The predicted molar refractivity (Wildman–Crippen MR) is 49.0 cm³/mol. The molecule has 1 aromatic carbocycles. The van der Waals surface area contributed by atoms with Crippen LogP contribution in [0.4, 0.5) is 8.78 Å². The first kappa shape index (κ1) is 12.1. The molecule has 0 aliphatic rings. The van der Waals surface area contributed by atoms with Gasteiger partial charge in [0.25, 0.3) is 5.91 Å². The van der Waals surface area contributed by atoms with Gasteiger partial charge in [-0.2, -0.15) is 0 Å². The summed E-state index contributed by atoms with van der Waals surface area (Å²) in [4.78, 5) is 25.9. The van der Waals surface area contributed by atoms with E-state index < -0.39 is 30.1 Å². The van der Waals surface area contributed by atoms with E-state index in [1.54, 1.807) is 0 Å². The summed E-state index contributed by atoms with van der Waals surface area (Å²) in [6.45, 7) is -0.505. The molecular formula is C9H8F2N2O3. The summed E-state index contributed by atoms with van der Waals surface area (Å²) >= 11 is 0. The number of benzene rings is 1. The van der Waals surface area contributed by atoms with Crippen molar-refractivity contribution in [3.05, 3.63) is 35.4 Å². The van der Waals surface area contributed by atoms with E-state index in [0.717, 1.165) is 12.1 Å². The van der Waals surface area contributed by atoms with Crippen LogP contribution in [0, 0.1) is 11.6 Å². The molecule has 0 atom stereocenters. The van der Waals surface area contributed by atoms with Gasteiger partial charge in [0, 0.05) is 5.56 Å². The summed E-state index contributed by atoms with van der Waals surface area (Å²) in [5.41, 5.74) is 6.45. The van der Waals surface area contributed by atoms with Crippen LogP contribution in [0.1, 0.15) is 10.4 Å². The molecule has 7 heteroatoms. The van der Waals surface area contributed by atoms with Crippen molar-refractivity contribution in [1.82, 2.24) is 5.48 Å². The van der Waals surface area contributed by atoms with Crippen LogP contribution in [-0.4, -0.2) is 18.4 Å². The van der Waals surface area contributed by atoms with Crippen molar-refractivity contribution in [3.8, 4) is 0 Å². The lowest BCUT2D eigenvalue weighted by Crippen LogP contribution is -2.29. The van der Waals surface area contributed by atoms with Crippen LogP contribution in [0.2, 0.25) is 0 Å². The molecule has 1 aromatic rings. The molecule has 5 nitrogen and oxygen atoms in total. The fourth-order valence-corrected chi connectivity index (χ4v) is 0.869. The highest BCUT2D eigenvalue weighted by molar-refractivity contribution is 5.93. The maximum Gasteiger partial charge on any atom is 0.274 e. The van der Waals surface area contributed by atoms with Crippen molar-refractivity contribution in [2.24, 2.45) is 5.73 Å². The van der Waals surface area contributed by atoms with E-state index >= 15 is 0 Å². The highest BCUT2D eigenvalue weighted by Gasteiger charge is 2.09. The molecule has 0 saturated heterocycles. The maximum absolute atomic E-state index is 12.7. The Hall–Kier alpha value is -2.02. The van der Waals surface area contributed by atoms with Gasteiger partial charge in [0.15, 0.2) is 18.2 Å². The SMILES string of the molecule is NC(=O)CONC(=O)c1ccc(F)c(F)c1. The van der Waals surface area contributed by atoms with Gasteiger partial charge in [-0.3, -0.25) is 14.4 Å². The van der Waals surface area contributed by atoms with Crippen molar-refractivity contribution < 1.29 is 23.2 Å². The molecule has 0 aliphatic carbocycles. The zero-order valence-corrected chi connectivity index (χ0v) is 8.00. The summed E-state index contributed by atoms with van der Waals surface area (Å²) in [6, 6.07) is 2.58. The number of carbonyl (C=O) groups excluding carboxylic acids is 2. The third-order valence-corrected chi connectivity index (χ3v) is 1.56. The normalized spacial score (nSPS) is 9.88. The van der Waals surface area contributed by atoms with Gasteiger partial charge in [-0.15, -0.1) is 0 Å². The number of carbonyl (C=O) groups is 2. The van der Waals surface area contributed by atoms with Crippen molar-refractivity contribution in [2.45, 2.75) is 0 Å². The standard InChI is InChI=1S/C9H8F2N2O3/c10-6-2-1-5(3-7(6)11)9(15)13-16-4-8(12)14/h1-3H,4H2,(H2,12,14)(H,13,15). The number of primary amides is 1. The number of nitrogens with two attached hydrogens (primary N) is 1. The second-order valence-corrected chi connectivity index (χ2v) is 2.82. The lowest BCUT2D eigenvalue weighted by Gasteiger charge is -2.04. The number of hydroxylamine groups is 1. The fourth-order valence-electron chi connectivity index (χ4n) is 0.869. The fraction of sp³-hybridized carbons (Fsp3) is 0.111. The first-order valence-corrected chi connectivity index (χ1v) is 4.16. The van der Waals surface area contributed by atoms with Gasteiger partial charge in [-0.05, 0) is 18.2 Å². The van der Waals surface area contributed by atoms with Gasteiger partial charge in [0.2, 0.25) is 5.91 Å². The molecule has 2 amide bonds. The van der Waals surface area contributed by atoms with E-state index in [0.29, 0.717) is 6.07 Å². The van der Waals surface area contributed by atoms with Crippen molar-refractivity contribution in [2.75, 3.05) is 6.61 Å². The zero-order chi connectivity index (χ0) is 12.1. The minimum absolute atomic E-state index is 0.136. The van der Waals surface area contributed by atoms with E-state index in [9.17, 15) is 18.4 Å². The Kier molecular flexibility index (Phi) is 3.90. The summed E-state index contributed by atoms with van der Waals surface area (Å²) in [7, 11) is 0. The molecule has 0 radical (unpaired) electrons. The molecule has 0 saturated carbocycles. The number of halogens is 2. The van der Waals surface area contributed by atoms with Gasteiger partial charge in [-0.25, -0.2) is 14.3 Å². The number of rotatable bonds is 4. The minimum Gasteiger partial charge on any atom is -0.368 e. The minimum atomic E-state index is -1.15. The van der Waals surface area contributed by atoms with Gasteiger partial charge in [0.1, 0.15) is 0 Å². The molecule has 16 heavy (non-hydrogen) atoms. The third kappa shape index (κ3) is 3.28. The highest BCUT2D eigenvalue weighted by Crippen LogP contribution is 2.08. The molecule has 0 spiro atoms. The van der Waals surface area contributed by atoms with E-state index in [1.165, 1.54) is 0 Å². The van der Waals surface area contributed by atoms with E-state index in [-0.39, 0.29) is 5.56 Å². The van der Waals surface area contributed by atoms with Crippen LogP contribution in [0.15, 0.2) is 18.2 Å². The Balaban J connectivity index is 2.59. The Morgan fingerprint density at radius 3 is 2.56 bits per heavy atom. The van der Waals surface area contributed by atoms with Crippen LogP contribution in [0.25, 0.3) is 0 Å². The zero-order valence-electron chi connectivity index (χ0n) is 8.00. The number of hydrogen-bond donors (Lipinski definition) is 2. The molecule has 0 unspecified atom stereocenters. The monoisotopic (exact) mass is 230 g/mol. The second-order valence-electron chi connectivity index (χ2n) is 2.82. The maximum atomic E-state index is 12.7. The topological polar surface area (TPSA) is 81.4 Å². The molecule has 3 N–H and O–H groups in total. The molecule has 0 aliphatic heterocycles. The van der Waals surface area contributed by atoms with Crippen LogP contribution >= 0.6 is 0 Å². The van der Waals surface area contributed by atoms with Crippen LogP contribution in [-0.2, 0) is 9.63 Å². The number of amides is 2. The van der Waals surface area contributed by atoms with Gasteiger partial charge in [-0.1, -0.05) is 0 Å². The van der Waals surface area contributed by atoms with Crippen molar-refractivity contribution in [3.63, 3.8) is 0 Å². The smallest absolute Gasteiger partial charge is 0.274 e. The van der Waals surface area contributed by atoms with Crippen LogP contribution in [0.3, 0.4) is 0 Å². The Morgan fingerprint density at radius 1 is 1.31 bits per heavy atom. The number of hydrogen-bond acceptors (Lipinski definition) is 3. The van der Waals surface area contributed by atoms with Gasteiger partial charge < -0.3 is 5.73 Å². The average Bonchev–Trinajstić information content (AvgIpc) is 2.21. The molecule has 86 valence electrons. The van der Waals surface area contributed by atoms with Gasteiger partial charge >= 0.3 is 0 Å². The Labute approximate surface area is 89.1 Å². The molecule has 0 heterocycles. The summed E-state index contributed by atoms with van der Waals surface area (Å²) in [6.07, 6.45) is 0. The second kappa shape index (κ2) is 5.17. The van der Waals surface area contributed by atoms with Crippen molar-refractivity contribution >= 4 is 11.8 Å². The largest absolute Gasteiger partial charge is 0.368 e. The van der Waals surface area contributed by atoms with E-state index in [1.807, 2.05) is 5.48 Å². The lowest BCUT2D eigenvalue weighted by molar-refractivity contribution is -0.124. The quantitative estimate of drug-likeness (QED) is 0.720. The molecule has 0 bridgehead atoms. The molecular weight excluding hydrogens is 222 g/mol. The van der Waals surface area contributed by atoms with E-state index in [4.69, 9.17) is 5.73 Å². The first-order valence-electron chi connectivity index (χ1n) is 4.16. The van der Waals surface area contributed by atoms with Crippen molar-refractivity contribution in [1.29, 1.82) is 0 Å². The van der Waals surface area contributed by atoms with Gasteiger partial charge in [0.05, 0.1) is 0 Å². The first-order chi connectivity index (χ1) is 7.50. The molecule has 0 aromatic heterocycles. The van der Waals surface area contributed by atoms with Crippen LogP contribution < -0.4 is 11.2 Å². The van der Waals surface area contributed by atoms with E-state index in [2.05, 4.69) is 4.84 Å². The lowest BCUT2D eigenvalue weighted by atomic mass is 10.2. The molecule has 1 rings (SSSR count). The summed E-state index contributed by atoms with van der Waals surface area (Å²) in [5.74, 6) is -3.79.